The van der Waals surface area contributed by atoms with Crippen LogP contribution in [0, 0.1) is 5.82 Å². The number of benzene rings is 1. The van der Waals surface area contributed by atoms with Crippen molar-refractivity contribution in [2.24, 2.45) is 5.73 Å². The van der Waals surface area contributed by atoms with E-state index in [0.29, 0.717) is 4.47 Å². The molecule has 1 heterocycles. The summed E-state index contributed by atoms with van der Waals surface area (Å²) in [5.74, 6) is -0.0596. The maximum atomic E-state index is 13.7. The van der Waals surface area contributed by atoms with E-state index >= 15 is 0 Å². The molecule has 0 fully saturated rings. The van der Waals surface area contributed by atoms with Crippen LogP contribution in [0.15, 0.2) is 27.2 Å². The number of hydrogen-bond donors (Lipinski definition) is 1. The lowest BCUT2D eigenvalue weighted by atomic mass is 10.2. The summed E-state index contributed by atoms with van der Waals surface area (Å²) in [6, 6.07) is 4.08. The van der Waals surface area contributed by atoms with E-state index in [4.69, 9.17) is 15.0 Å². The molecule has 1 aromatic heterocycles. The fourth-order valence-corrected chi connectivity index (χ4v) is 1.75. The molecule has 0 radical (unpaired) electrons. The molecule has 0 aliphatic rings. The van der Waals surface area contributed by atoms with Crippen molar-refractivity contribution in [3.63, 3.8) is 0 Å². The van der Waals surface area contributed by atoms with Crippen molar-refractivity contribution in [1.82, 2.24) is 10.1 Å². The quantitative estimate of drug-likeness (QED) is 0.937. The molecule has 1 aromatic carbocycles. The van der Waals surface area contributed by atoms with Gasteiger partial charge >= 0.3 is 0 Å². The Bertz CT molecular complexity index is 547. The zero-order valence-corrected chi connectivity index (χ0v) is 11.1. The largest absolute Gasteiger partial charge is 0.383 e. The molecule has 0 amide bonds. The van der Waals surface area contributed by atoms with Gasteiger partial charge in [-0.15, -0.1) is 0 Å². The maximum absolute atomic E-state index is 13.7. The number of ether oxygens (including phenoxy) is 1. The monoisotopic (exact) mass is 315 g/mol. The highest BCUT2D eigenvalue weighted by Crippen LogP contribution is 2.24. The van der Waals surface area contributed by atoms with Crippen molar-refractivity contribution in [3.8, 4) is 11.5 Å². The Morgan fingerprint density at radius 1 is 1.56 bits per heavy atom. The summed E-state index contributed by atoms with van der Waals surface area (Å²) in [6.45, 7) is 0.266. The average Bonchev–Trinajstić information content (AvgIpc) is 2.78. The number of nitrogens with two attached hydrogens (primary N) is 1. The van der Waals surface area contributed by atoms with E-state index in [-0.39, 0.29) is 23.9 Å². The number of rotatable bonds is 4. The summed E-state index contributed by atoms with van der Waals surface area (Å²) >= 11 is 3.17. The summed E-state index contributed by atoms with van der Waals surface area (Å²) in [5.41, 5.74) is 5.99. The van der Waals surface area contributed by atoms with E-state index in [2.05, 4.69) is 26.1 Å². The van der Waals surface area contributed by atoms with E-state index in [0.717, 1.165) is 0 Å². The highest BCUT2D eigenvalue weighted by molar-refractivity contribution is 9.10. The first-order valence-corrected chi connectivity index (χ1v) is 5.94. The molecule has 0 bridgehead atoms. The van der Waals surface area contributed by atoms with E-state index < -0.39 is 11.9 Å². The predicted octanol–water partition coefficient (Wildman–Crippen LogP) is 2.28. The second kappa shape index (κ2) is 5.55. The zero-order chi connectivity index (χ0) is 13.1. The first-order chi connectivity index (χ1) is 8.61. The van der Waals surface area contributed by atoms with Gasteiger partial charge in [-0.3, -0.25) is 0 Å². The van der Waals surface area contributed by atoms with Crippen LogP contribution in [0.3, 0.4) is 0 Å². The van der Waals surface area contributed by atoms with E-state index in [9.17, 15) is 4.39 Å². The second-order valence-corrected chi connectivity index (χ2v) is 4.56. The first-order valence-electron chi connectivity index (χ1n) is 5.15. The molecule has 0 aliphatic carbocycles. The van der Waals surface area contributed by atoms with Crippen LogP contribution in [-0.4, -0.2) is 23.9 Å². The van der Waals surface area contributed by atoms with Gasteiger partial charge in [0.05, 0.1) is 18.2 Å². The molecule has 0 saturated carbocycles. The molecule has 7 heteroatoms. The third-order valence-corrected chi connectivity index (χ3v) is 2.77. The molecule has 18 heavy (non-hydrogen) atoms. The minimum absolute atomic E-state index is 0.0987. The molecule has 0 aliphatic heterocycles. The van der Waals surface area contributed by atoms with Crippen LogP contribution in [0.2, 0.25) is 0 Å². The molecule has 2 aromatic rings. The lowest BCUT2D eigenvalue weighted by Gasteiger charge is -2.03. The molecular formula is C11H11BrFN3O2. The Morgan fingerprint density at radius 3 is 3.00 bits per heavy atom. The van der Waals surface area contributed by atoms with Crippen LogP contribution in [0.5, 0.6) is 0 Å². The van der Waals surface area contributed by atoms with Gasteiger partial charge in [-0.2, -0.15) is 4.98 Å². The van der Waals surface area contributed by atoms with Crippen LogP contribution in [-0.2, 0) is 4.74 Å². The van der Waals surface area contributed by atoms with Crippen LogP contribution >= 0.6 is 15.9 Å². The molecule has 5 nitrogen and oxygen atoms in total. The Hall–Kier alpha value is -1.31. The van der Waals surface area contributed by atoms with Crippen molar-refractivity contribution in [1.29, 1.82) is 0 Å². The van der Waals surface area contributed by atoms with Gasteiger partial charge in [-0.25, -0.2) is 4.39 Å². The summed E-state index contributed by atoms with van der Waals surface area (Å²) in [4.78, 5) is 4.05. The van der Waals surface area contributed by atoms with Gasteiger partial charge in [0.25, 0.3) is 5.89 Å². The maximum Gasteiger partial charge on any atom is 0.260 e. The van der Waals surface area contributed by atoms with Crippen molar-refractivity contribution < 1.29 is 13.7 Å². The smallest absolute Gasteiger partial charge is 0.260 e. The molecule has 1 unspecified atom stereocenters. The zero-order valence-electron chi connectivity index (χ0n) is 9.56. The standard InChI is InChI=1S/C11H11BrFN3O2/c1-17-5-9(14)10-15-11(18-16-10)7-3-2-6(12)4-8(7)13/h2-4,9H,5,14H2,1H3. The summed E-state index contributed by atoms with van der Waals surface area (Å²) in [7, 11) is 1.52. The number of halogens is 2. The Morgan fingerprint density at radius 2 is 2.33 bits per heavy atom. The molecular weight excluding hydrogens is 305 g/mol. The SMILES string of the molecule is COCC(N)c1noc(-c2ccc(Br)cc2F)n1. The van der Waals surface area contributed by atoms with Gasteiger partial charge in [0.2, 0.25) is 0 Å². The second-order valence-electron chi connectivity index (χ2n) is 3.64. The Labute approximate surface area is 111 Å². The van der Waals surface area contributed by atoms with Gasteiger partial charge in [0.15, 0.2) is 5.82 Å². The van der Waals surface area contributed by atoms with Gasteiger partial charge in [-0.05, 0) is 18.2 Å². The van der Waals surface area contributed by atoms with E-state index in [1.165, 1.54) is 13.2 Å². The predicted molar refractivity (Wildman–Crippen MR) is 66.2 cm³/mol. The van der Waals surface area contributed by atoms with Crippen molar-refractivity contribution >= 4 is 15.9 Å². The minimum Gasteiger partial charge on any atom is -0.383 e. The highest BCUT2D eigenvalue weighted by Gasteiger charge is 2.17. The molecule has 1 atom stereocenters. The number of aromatic nitrogens is 2. The summed E-state index contributed by atoms with van der Waals surface area (Å²) in [6.07, 6.45) is 0. The van der Waals surface area contributed by atoms with E-state index in [1.807, 2.05) is 0 Å². The topological polar surface area (TPSA) is 74.2 Å². The molecule has 2 rings (SSSR count). The van der Waals surface area contributed by atoms with Gasteiger partial charge < -0.3 is 15.0 Å². The van der Waals surface area contributed by atoms with Gasteiger partial charge in [0, 0.05) is 11.6 Å². The highest BCUT2D eigenvalue weighted by atomic mass is 79.9. The summed E-state index contributed by atoms with van der Waals surface area (Å²) < 4.78 is 24.2. The van der Waals surface area contributed by atoms with Crippen LogP contribution in [0.25, 0.3) is 11.5 Å². The van der Waals surface area contributed by atoms with Crippen LogP contribution in [0.4, 0.5) is 4.39 Å². The Balaban J connectivity index is 2.29. The van der Waals surface area contributed by atoms with Crippen molar-refractivity contribution in [3.05, 3.63) is 34.3 Å². The molecule has 0 spiro atoms. The van der Waals surface area contributed by atoms with E-state index in [1.54, 1.807) is 12.1 Å². The molecule has 2 N–H and O–H groups in total. The van der Waals surface area contributed by atoms with Crippen molar-refractivity contribution in [2.45, 2.75) is 6.04 Å². The van der Waals surface area contributed by atoms with Crippen LogP contribution < -0.4 is 5.73 Å². The fraction of sp³-hybridized carbons (Fsp3) is 0.273. The van der Waals surface area contributed by atoms with Crippen molar-refractivity contribution in [2.75, 3.05) is 13.7 Å². The number of methoxy groups -OCH3 is 1. The summed E-state index contributed by atoms with van der Waals surface area (Å²) in [5, 5.41) is 3.71. The fourth-order valence-electron chi connectivity index (χ4n) is 1.41. The van der Waals surface area contributed by atoms with Crippen LogP contribution in [0.1, 0.15) is 11.9 Å². The molecule has 0 saturated heterocycles. The third kappa shape index (κ3) is 2.74. The lowest BCUT2D eigenvalue weighted by molar-refractivity contribution is 0.177. The van der Waals surface area contributed by atoms with Gasteiger partial charge in [-0.1, -0.05) is 21.1 Å². The number of nitrogens with zero attached hydrogens (tertiary/aromatic N) is 2. The average molecular weight is 316 g/mol. The Kier molecular flexibility index (Phi) is 4.05. The van der Waals surface area contributed by atoms with Gasteiger partial charge in [0.1, 0.15) is 5.82 Å². The minimum atomic E-state index is -0.494. The molecule has 96 valence electrons. The third-order valence-electron chi connectivity index (χ3n) is 2.28. The number of hydrogen-bond acceptors (Lipinski definition) is 5. The lowest BCUT2D eigenvalue weighted by Crippen LogP contribution is -2.17. The normalized spacial score (nSPS) is 12.7. The first kappa shape index (κ1) is 13.1.